The number of likely N-dealkylation sites (tertiary alicyclic amines) is 1. The van der Waals surface area contributed by atoms with Crippen molar-refractivity contribution in [1.82, 2.24) is 24.6 Å². The monoisotopic (exact) mass is 369 g/mol. The van der Waals surface area contributed by atoms with Gasteiger partial charge in [0.1, 0.15) is 18.4 Å². The predicted molar refractivity (Wildman–Crippen MR) is 101 cm³/mol. The Labute approximate surface area is 159 Å². The van der Waals surface area contributed by atoms with Crippen LogP contribution in [0, 0.1) is 5.92 Å². The van der Waals surface area contributed by atoms with Crippen LogP contribution in [0.25, 0.3) is 0 Å². The summed E-state index contributed by atoms with van der Waals surface area (Å²) < 4.78 is 7.91. The average Bonchev–Trinajstić information content (AvgIpc) is 3.21. The Balaban J connectivity index is 1.42. The standard InChI is InChI=1S/C20H27N5O2/c1-2-23-10-6-16(7-11-23)20(26)24-13-17-5-9-22-25(17)18(14-24)15-27-19-4-3-8-21-12-19/h3-5,8-9,12,16,18H,2,6-7,10-11,13-15H2,1H3. The van der Waals surface area contributed by atoms with E-state index in [2.05, 4.69) is 21.9 Å². The highest BCUT2D eigenvalue weighted by Crippen LogP contribution is 2.26. The Kier molecular flexibility index (Phi) is 5.38. The van der Waals surface area contributed by atoms with Crippen LogP contribution in [0.2, 0.25) is 0 Å². The Morgan fingerprint density at radius 3 is 2.85 bits per heavy atom. The Bertz CT molecular complexity index is 755. The Hall–Kier alpha value is -2.41. The number of fused-ring (bicyclic) bond motifs is 1. The third-order valence-electron chi connectivity index (χ3n) is 5.65. The third-order valence-corrected chi connectivity index (χ3v) is 5.65. The van der Waals surface area contributed by atoms with Crippen LogP contribution in [-0.2, 0) is 11.3 Å². The lowest BCUT2D eigenvalue weighted by atomic mass is 9.94. The first-order valence-corrected chi connectivity index (χ1v) is 9.81. The number of ether oxygens (including phenoxy) is 1. The van der Waals surface area contributed by atoms with Gasteiger partial charge in [-0.2, -0.15) is 5.10 Å². The van der Waals surface area contributed by atoms with E-state index < -0.39 is 0 Å². The van der Waals surface area contributed by atoms with Crippen LogP contribution in [0.3, 0.4) is 0 Å². The number of aromatic nitrogens is 3. The Morgan fingerprint density at radius 1 is 1.26 bits per heavy atom. The number of piperidine rings is 1. The molecule has 7 nitrogen and oxygen atoms in total. The lowest BCUT2D eigenvalue weighted by molar-refractivity contribution is -0.139. The zero-order valence-electron chi connectivity index (χ0n) is 15.8. The van der Waals surface area contributed by atoms with Gasteiger partial charge < -0.3 is 14.5 Å². The van der Waals surface area contributed by atoms with E-state index in [4.69, 9.17) is 4.74 Å². The zero-order valence-corrected chi connectivity index (χ0v) is 15.8. The molecule has 0 aliphatic carbocycles. The quantitative estimate of drug-likeness (QED) is 0.806. The molecule has 2 aliphatic heterocycles. The van der Waals surface area contributed by atoms with Crippen LogP contribution in [-0.4, -0.2) is 63.3 Å². The fourth-order valence-corrected chi connectivity index (χ4v) is 4.06. The van der Waals surface area contributed by atoms with E-state index in [-0.39, 0.29) is 17.9 Å². The minimum absolute atomic E-state index is 0.0173. The van der Waals surface area contributed by atoms with Gasteiger partial charge in [0.25, 0.3) is 0 Å². The number of pyridine rings is 1. The molecule has 4 heterocycles. The zero-order chi connectivity index (χ0) is 18.6. The molecule has 27 heavy (non-hydrogen) atoms. The molecular weight excluding hydrogens is 342 g/mol. The minimum atomic E-state index is 0.0173. The molecule has 7 heteroatoms. The molecule has 0 N–H and O–H groups in total. The van der Waals surface area contributed by atoms with Crippen molar-refractivity contribution in [3.8, 4) is 5.75 Å². The minimum Gasteiger partial charge on any atom is -0.490 e. The van der Waals surface area contributed by atoms with Crippen LogP contribution in [0.1, 0.15) is 31.5 Å². The molecule has 1 amide bonds. The average molecular weight is 369 g/mol. The number of hydrogen-bond donors (Lipinski definition) is 0. The molecule has 0 radical (unpaired) electrons. The molecule has 0 bridgehead atoms. The molecule has 1 unspecified atom stereocenters. The van der Waals surface area contributed by atoms with Gasteiger partial charge in [-0.3, -0.25) is 14.5 Å². The number of carbonyl (C=O) groups excluding carboxylic acids is 1. The number of nitrogens with zero attached hydrogens (tertiary/aromatic N) is 5. The highest BCUT2D eigenvalue weighted by atomic mass is 16.5. The van der Waals surface area contributed by atoms with Crippen molar-refractivity contribution in [2.24, 2.45) is 5.92 Å². The van der Waals surface area contributed by atoms with E-state index in [9.17, 15) is 4.79 Å². The van der Waals surface area contributed by atoms with E-state index in [0.717, 1.165) is 43.9 Å². The number of carbonyl (C=O) groups is 1. The molecule has 1 atom stereocenters. The van der Waals surface area contributed by atoms with Crippen molar-refractivity contribution in [3.63, 3.8) is 0 Å². The van der Waals surface area contributed by atoms with Crippen LogP contribution in [0.5, 0.6) is 5.75 Å². The number of rotatable bonds is 5. The van der Waals surface area contributed by atoms with Gasteiger partial charge >= 0.3 is 0 Å². The largest absolute Gasteiger partial charge is 0.490 e. The third kappa shape index (κ3) is 3.98. The van der Waals surface area contributed by atoms with Crippen molar-refractivity contribution in [2.45, 2.75) is 32.4 Å². The SMILES string of the molecule is CCN1CCC(C(=O)N2Cc3ccnn3C(COc3cccnc3)C2)CC1. The van der Waals surface area contributed by atoms with Gasteiger partial charge in [-0.15, -0.1) is 0 Å². The molecule has 1 saturated heterocycles. The maximum atomic E-state index is 13.1. The first-order chi connectivity index (χ1) is 13.2. The first kappa shape index (κ1) is 18.0. The van der Waals surface area contributed by atoms with Gasteiger partial charge in [0, 0.05) is 24.9 Å². The summed E-state index contributed by atoms with van der Waals surface area (Å²) in [6, 6.07) is 5.76. The van der Waals surface area contributed by atoms with E-state index in [1.807, 2.05) is 27.8 Å². The highest BCUT2D eigenvalue weighted by Gasteiger charge is 2.33. The summed E-state index contributed by atoms with van der Waals surface area (Å²) in [5, 5.41) is 4.45. The smallest absolute Gasteiger partial charge is 0.226 e. The normalized spacial score (nSPS) is 21.1. The lowest BCUT2D eigenvalue weighted by Crippen LogP contribution is -2.47. The molecule has 0 spiro atoms. The lowest BCUT2D eigenvalue weighted by Gasteiger charge is -2.38. The van der Waals surface area contributed by atoms with E-state index in [1.54, 1.807) is 18.6 Å². The van der Waals surface area contributed by atoms with Crippen LogP contribution >= 0.6 is 0 Å². The summed E-state index contributed by atoms with van der Waals surface area (Å²) in [7, 11) is 0. The van der Waals surface area contributed by atoms with Gasteiger partial charge in [-0.05, 0) is 50.7 Å². The summed E-state index contributed by atoms with van der Waals surface area (Å²) in [5.74, 6) is 1.16. The molecule has 0 saturated carbocycles. The molecule has 2 aromatic rings. The van der Waals surface area contributed by atoms with Gasteiger partial charge in [-0.25, -0.2) is 0 Å². The molecular formula is C20H27N5O2. The van der Waals surface area contributed by atoms with Gasteiger partial charge in [0.2, 0.25) is 5.91 Å². The molecule has 144 valence electrons. The summed E-state index contributed by atoms with van der Waals surface area (Å²) in [4.78, 5) is 21.6. The number of hydrogen-bond acceptors (Lipinski definition) is 5. The van der Waals surface area contributed by atoms with Gasteiger partial charge in [0.05, 0.1) is 18.4 Å². The molecule has 2 aliphatic rings. The van der Waals surface area contributed by atoms with E-state index in [1.165, 1.54) is 0 Å². The van der Waals surface area contributed by atoms with Crippen LogP contribution in [0.4, 0.5) is 0 Å². The molecule has 0 aromatic carbocycles. The fourth-order valence-electron chi connectivity index (χ4n) is 4.06. The van der Waals surface area contributed by atoms with Crippen molar-refractivity contribution < 1.29 is 9.53 Å². The second-order valence-corrected chi connectivity index (χ2v) is 7.35. The predicted octanol–water partition coefficient (Wildman–Crippen LogP) is 1.97. The summed E-state index contributed by atoms with van der Waals surface area (Å²) in [5.41, 5.74) is 1.07. The number of amides is 1. The second kappa shape index (κ2) is 8.08. The maximum absolute atomic E-state index is 13.1. The van der Waals surface area contributed by atoms with Crippen LogP contribution in [0.15, 0.2) is 36.8 Å². The van der Waals surface area contributed by atoms with Crippen molar-refractivity contribution in [2.75, 3.05) is 32.8 Å². The van der Waals surface area contributed by atoms with Gasteiger partial charge in [0.15, 0.2) is 0 Å². The van der Waals surface area contributed by atoms with Gasteiger partial charge in [-0.1, -0.05) is 6.92 Å². The summed E-state index contributed by atoms with van der Waals surface area (Å²) >= 11 is 0. The van der Waals surface area contributed by atoms with Crippen molar-refractivity contribution in [1.29, 1.82) is 0 Å². The fraction of sp³-hybridized carbons (Fsp3) is 0.550. The van der Waals surface area contributed by atoms with Crippen LogP contribution < -0.4 is 4.74 Å². The van der Waals surface area contributed by atoms with Crippen molar-refractivity contribution in [3.05, 3.63) is 42.5 Å². The summed E-state index contributed by atoms with van der Waals surface area (Å²) in [6.45, 7) is 7.03. The van der Waals surface area contributed by atoms with Crippen molar-refractivity contribution >= 4 is 5.91 Å². The van der Waals surface area contributed by atoms with E-state index >= 15 is 0 Å². The molecule has 4 rings (SSSR count). The first-order valence-electron chi connectivity index (χ1n) is 9.81. The highest BCUT2D eigenvalue weighted by molar-refractivity contribution is 5.79. The second-order valence-electron chi connectivity index (χ2n) is 7.35. The summed E-state index contributed by atoms with van der Waals surface area (Å²) in [6.07, 6.45) is 7.15. The molecule has 2 aromatic heterocycles. The van der Waals surface area contributed by atoms with E-state index in [0.29, 0.717) is 19.7 Å². The molecule has 1 fully saturated rings. The topological polar surface area (TPSA) is 63.5 Å². The maximum Gasteiger partial charge on any atom is 0.226 e. The Morgan fingerprint density at radius 2 is 2.11 bits per heavy atom.